The van der Waals surface area contributed by atoms with Crippen molar-refractivity contribution in [3.05, 3.63) is 47.5 Å². The van der Waals surface area contributed by atoms with Crippen molar-refractivity contribution in [2.75, 3.05) is 19.4 Å². The molecule has 1 aromatic heterocycles. The summed E-state index contributed by atoms with van der Waals surface area (Å²) in [7, 11) is -3.32. The van der Waals surface area contributed by atoms with Gasteiger partial charge in [-0.3, -0.25) is 0 Å². The van der Waals surface area contributed by atoms with Gasteiger partial charge >= 0.3 is 0 Å². The number of aromatic nitrogens is 2. The second kappa shape index (κ2) is 7.58. The number of ether oxygens (including phenoxy) is 1. The molecule has 6 nitrogen and oxygen atoms in total. The molecule has 2 heterocycles. The highest BCUT2D eigenvalue weighted by atomic mass is 32.2. The number of para-hydroxylation sites is 1. The highest BCUT2D eigenvalue weighted by Crippen LogP contribution is 2.18. The van der Waals surface area contributed by atoms with E-state index >= 15 is 0 Å². The van der Waals surface area contributed by atoms with Crippen LogP contribution in [0.3, 0.4) is 0 Å². The number of hydrogen-bond donors (Lipinski definition) is 0. The molecule has 0 saturated heterocycles. The fourth-order valence-corrected chi connectivity index (χ4v) is 3.84. The highest BCUT2D eigenvalue weighted by Gasteiger charge is 2.20. The third-order valence-corrected chi connectivity index (χ3v) is 5.71. The van der Waals surface area contributed by atoms with Gasteiger partial charge in [-0.2, -0.15) is 4.31 Å². The SMILES string of the molecule is Cc1ccccc1OCCN(Cc1cn2c(n1)CCCC2)S(C)(=O)=O. The van der Waals surface area contributed by atoms with Crippen molar-refractivity contribution in [2.24, 2.45) is 0 Å². The molecule has 1 aliphatic rings. The van der Waals surface area contributed by atoms with Crippen LogP contribution in [-0.4, -0.2) is 41.7 Å². The van der Waals surface area contributed by atoms with Crippen LogP contribution in [0.4, 0.5) is 0 Å². The molecular weight excluding hydrogens is 338 g/mol. The normalized spacial score (nSPS) is 14.5. The summed E-state index contributed by atoms with van der Waals surface area (Å²) in [5.74, 6) is 1.85. The molecule has 1 aliphatic heterocycles. The number of sulfonamides is 1. The minimum absolute atomic E-state index is 0.288. The largest absolute Gasteiger partial charge is 0.492 e. The van der Waals surface area contributed by atoms with Crippen LogP contribution >= 0.6 is 0 Å². The Morgan fingerprint density at radius 1 is 1.28 bits per heavy atom. The van der Waals surface area contributed by atoms with Gasteiger partial charge in [0.15, 0.2) is 0 Å². The van der Waals surface area contributed by atoms with Crippen molar-refractivity contribution in [1.82, 2.24) is 13.9 Å². The molecule has 136 valence electrons. The molecule has 0 radical (unpaired) electrons. The summed E-state index contributed by atoms with van der Waals surface area (Å²) in [5.41, 5.74) is 1.84. The van der Waals surface area contributed by atoms with E-state index in [0.29, 0.717) is 13.2 Å². The fourth-order valence-electron chi connectivity index (χ4n) is 3.07. The topological polar surface area (TPSA) is 64.4 Å². The summed E-state index contributed by atoms with van der Waals surface area (Å²) < 4.78 is 33.6. The van der Waals surface area contributed by atoms with Crippen molar-refractivity contribution in [1.29, 1.82) is 0 Å². The summed E-state index contributed by atoms with van der Waals surface area (Å²) in [4.78, 5) is 4.60. The van der Waals surface area contributed by atoms with Crippen molar-refractivity contribution in [3.8, 4) is 5.75 Å². The minimum Gasteiger partial charge on any atom is -0.492 e. The standard InChI is InChI=1S/C18H25N3O3S/c1-15-7-3-4-8-17(15)24-12-11-21(25(2,22)23)14-16-13-20-10-6-5-9-18(20)19-16/h3-4,7-8,13H,5-6,9-12,14H2,1-2H3. The van der Waals surface area contributed by atoms with Gasteiger partial charge in [0.1, 0.15) is 18.2 Å². The second-order valence-electron chi connectivity index (χ2n) is 6.51. The summed E-state index contributed by atoms with van der Waals surface area (Å²) in [6, 6.07) is 7.72. The zero-order valence-electron chi connectivity index (χ0n) is 14.8. The van der Waals surface area contributed by atoms with Crippen LogP contribution in [0, 0.1) is 6.92 Å². The van der Waals surface area contributed by atoms with Gasteiger partial charge in [-0.1, -0.05) is 18.2 Å². The second-order valence-corrected chi connectivity index (χ2v) is 8.49. The Morgan fingerprint density at radius 2 is 2.08 bits per heavy atom. The average Bonchev–Trinajstić information content (AvgIpc) is 2.97. The van der Waals surface area contributed by atoms with E-state index in [4.69, 9.17) is 4.74 Å². The minimum atomic E-state index is -3.32. The number of hydrogen-bond acceptors (Lipinski definition) is 4. The predicted octanol–water partition coefficient (Wildman–Crippen LogP) is 2.37. The predicted molar refractivity (Wildman–Crippen MR) is 97.1 cm³/mol. The number of aryl methyl sites for hydroxylation is 3. The Kier molecular flexibility index (Phi) is 5.44. The van der Waals surface area contributed by atoms with Gasteiger partial charge in [0.25, 0.3) is 0 Å². The van der Waals surface area contributed by atoms with Crippen LogP contribution in [0.1, 0.15) is 29.9 Å². The molecular formula is C18H25N3O3S. The van der Waals surface area contributed by atoms with E-state index in [-0.39, 0.29) is 6.54 Å². The number of imidazole rings is 1. The van der Waals surface area contributed by atoms with Crippen molar-refractivity contribution in [3.63, 3.8) is 0 Å². The van der Waals surface area contributed by atoms with Crippen LogP contribution < -0.4 is 4.74 Å². The number of nitrogens with zero attached hydrogens (tertiary/aromatic N) is 3. The molecule has 2 aromatic rings. The van der Waals surface area contributed by atoms with Crippen molar-refractivity contribution >= 4 is 10.0 Å². The van der Waals surface area contributed by atoms with Crippen LogP contribution in [0.2, 0.25) is 0 Å². The number of fused-ring (bicyclic) bond motifs is 1. The van der Waals surface area contributed by atoms with Gasteiger partial charge in [-0.25, -0.2) is 13.4 Å². The molecule has 3 rings (SSSR count). The monoisotopic (exact) mass is 363 g/mol. The molecule has 0 fully saturated rings. The molecule has 25 heavy (non-hydrogen) atoms. The first kappa shape index (κ1) is 17.9. The smallest absolute Gasteiger partial charge is 0.211 e. The van der Waals surface area contributed by atoms with Crippen LogP contribution in [-0.2, 0) is 29.5 Å². The fraction of sp³-hybridized carbons (Fsp3) is 0.500. The summed E-state index contributed by atoms with van der Waals surface area (Å²) >= 11 is 0. The van der Waals surface area contributed by atoms with Gasteiger partial charge in [-0.05, 0) is 31.4 Å². The lowest BCUT2D eigenvalue weighted by Crippen LogP contribution is -2.33. The number of rotatable bonds is 7. The maximum absolute atomic E-state index is 12.1. The van der Waals surface area contributed by atoms with E-state index < -0.39 is 10.0 Å². The maximum Gasteiger partial charge on any atom is 0.211 e. The highest BCUT2D eigenvalue weighted by molar-refractivity contribution is 7.88. The third kappa shape index (κ3) is 4.61. The molecule has 0 spiro atoms. The maximum atomic E-state index is 12.1. The van der Waals surface area contributed by atoms with E-state index in [2.05, 4.69) is 9.55 Å². The Labute approximate surface area is 149 Å². The van der Waals surface area contributed by atoms with Crippen LogP contribution in [0.5, 0.6) is 5.75 Å². The van der Waals surface area contributed by atoms with Gasteiger partial charge in [0.05, 0.1) is 18.5 Å². The zero-order chi connectivity index (χ0) is 17.9. The van der Waals surface area contributed by atoms with E-state index in [0.717, 1.165) is 48.6 Å². The van der Waals surface area contributed by atoms with Crippen LogP contribution in [0.25, 0.3) is 0 Å². The molecule has 0 N–H and O–H groups in total. The van der Waals surface area contributed by atoms with Gasteiger partial charge < -0.3 is 9.30 Å². The summed E-state index contributed by atoms with van der Waals surface area (Å²) in [5, 5.41) is 0. The van der Waals surface area contributed by atoms with E-state index in [9.17, 15) is 8.42 Å². The zero-order valence-corrected chi connectivity index (χ0v) is 15.6. The lowest BCUT2D eigenvalue weighted by atomic mass is 10.2. The molecule has 0 saturated carbocycles. The molecule has 1 aromatic carbocycles. The molecule has 0 unspecified atom stereocenters. The Hall–Kier alpha value is -1.86. The van der Waals surface area contributed by atoms with Gasteiger partial charge in [-0.15, -0.1) is 0 Å². The van der Waals surface area contributed by atoms with E-state index in [1.54, 1.807) is 0 Å². The quantitative estimate of drug-likeness (QED) is 0.758. The Bertz CT molecular complexity index is 806. The molecule has 7 heteroatoms. The third-order valence-electron chi connectivity index (χ3n) is 4.46. The molecule has 0 amide bonds. The molecule has 0 aliphatic carbocycles. The lowest BCUT2D eigenvalue weighted by Gasteiger charge is -2.19. The Balaban J connectivity index is 1.64. The first-order valence-corrected chi connectivity index (χ1v) is 10.5. The summed E-state index contributed by atoms with van der Waals surface area (Å²) in [6.45, 7) is 3.84. The molecule has 0 atom stereocenters. The average molecular weight is 363 g/mol. The van der Waals surface area contributed by atoms with Gasteiger partial charge in [0, 0.05) is 25.7 Å². The first-order valence-electron chi connectivity index (χ1n) is 8.62. The van der Waals surface area contributed by atoms with Crippen molar-refractivity contribution < 1.29 is 13.2 Å². The first-order chi connectivity index (χ1) is 11.9. The van der Waals surface area contributed by atoms with E-state index in [1.165, 1.54) is 10.6 Å². The van der Waals surface area contributed by atoms with Crippen LogP contribution in [0.15, 0.2) is 30.5 Å². The van der Waals surface area contributed by atoms with E-state index in [1.807, 2.05) is 37.4 Å². The number of benzene rings is 1. The lowest BCUT2D eigenvalue weighted by molar-refractivity contribution is 0.268. The van der Waals surface area contributed by atoms with Gasteiger partial charge in [0.2, 0.25) is 10.0 Å². The summed E-state index contributed by atoms with van der Waals surface area (Å²) in [6.07, 6.45) is 6.49. The van der Waals surface area contributed by atoms with Crippen molar-refractivity contribution in [2.45, 2.75) is 39.3 Å². The Morgan fingerprint density at radius 3 is 2.80 bits per heavy atom. The molecule has 0 bridgehead atoms.